The first kappa shape index (κ1) is 13.7. The monoisotopic (exact) mass is 252 g/mol. The summed E-state index contributed by atoms with van der Waals surface area (Å²) < 4.78 is 0. The first-order valence-electron chi connectivity index (χ1n) is 7.32. The summed E-state index contributed by atoms with van der Waals surface area (Å²) in [7, 11) is 2.19. The summed E-state index contributed by atoms with van der Waals surface area (Å²) in [4.78, 5) is 6.97. The van der Waals surface area contributed by atoms with Crippen LogP contribution in [0, 0.1) is 5.41 Å². The molecule has 1 heterocycles. The van der Waals surface area contributed by atoms with Crippen molar-refractivity contribution in [3.05, 3.63) is 0 Å². The third kappa shape index (κ3) is 3.87. The zero-order valence-corrected chi connectivity index (χ0v) is 11.9. The van der Waals surface area contributed by atoms with Crippen LogP contribution in [0.3, 0.4) is 0 Å². The van der Waals surface area contributed by atoms with Crippen molar-refractivity contribution >= 4 is 5.96 Å². The molecule has 4 heteroatoms. The molecule has 1 saturated heterocycles. The molecule has 0 bridgehead atoms. The van der Waals surface area contributed by atoms with Gasteiger partial charge in [0.1, 0.15) is 0 Å². The molecule has 0 aromatic heterocycles. The van der Waals surface area contributed by atoms with Crippen LogP contribution in [-0.2, 0) is 0 Å². The van der Waals surface area contributed by atoms with Gasteiger partial charge in [0.2, 0.25) is 0 Å². The number of likely N-dealkylation sites (tertiary alicyclic amines) is 1. The summed E-state index contributed by atoms with van der Waals surface area (Å²) in [5, 5.41) is 3.36. The molecule has 0 spiro atoms. The van der Waals surface area contributed by atoms with E-state index in [0.717, 1.165) is 6.54 Å². The standard InChI is InChI=1S/C14H28N4/c1-14(7-9-18(2)10-8-14)11-16-13(15)17-12-5-3-4-6-12/h12H,3-11H2,1-2H3,(H3,15,16,17). The van der Waals surface area contributed by atoms with Crippen LogP contribution < -0.4 is 11.1 Å². The van der Waals surface area contributed by atoms with Gasteiger partial charge in [-0.15, -0.1) is 0 Å². The lowest BCUT2D eigenvalue weighted by Crippen LogP contribution is -2.41. The molecule has 2 fully saturated rings. The minimum Gasteiger partial charge on any atom is -0.370 e. The molecule has 1 saturated carbocycles. The number of nitrogens with two attached hydrogens (primary N) is 1. The van der Waals surface area contributed by atoms with E-state index in [1.807, 2.05) is 0 Å². The minimum atomic E-state index is 0.342. The van der Waals surface area contributed by atoms with Gasteiger partial charge in [-0.2, -0.15) is 0 Å². The van der Waals surface area contributed by atoms with Crippen LogP contribution in [0.15, 0.2) is 4.99 Å². The topological polar surface area (TPSA) is 53.6 Å². The number of rotatable bonds is 3. The lowest BCUT2D eigenvalue weighted by molar-refractivity contribution is 0.147. The summed E-state index contributed by atoms with van der Waals surface area (Å²) in [6.07, 6.45) is 7.61. The lowest BCUT2D eigenvalue weighted by atomic mass is 9.80. The maximum absolute atomic E-state index is 5.99. The predicted octanol–water partition coefficient (Wildman–Crippen LogP) is 1.57. The Hall–Kier alpha value is -0.770. The van der Waals surface area contributed by atoms with Crippen molar-refractivity contribution in [3.63, 3.8) is 0 Å². The molecule has 0 radical (unpaired) electrons. The van der Waals surface area contributed by atoms with E-state index in [1.54, 1.807) is 0 Å². The van der Waals surface area contributed by atoms with E-state index in [1.165, 1.54) is 51.6 Å². The van der Waals surface area contributed by atoms with Crippen molar-refractivity contribution in [1.29, 1.82) is 0 Å². The van der Waals surface area contributed by atoms with Crippen LogP contribution in [-0.4, -0.2) is 43.6 Å². The summed E-state index contributed by atoms with van der Waals surface area (Å²) >= 11 is 0. The highest BCUT2D eigenvalue weighted by molar-refractivity contribution is 5.78. The van der Waals surface area contributed by atoms with Crippen LogP contribution in [0.25, 0.3) is 0 Å². The first-order valence-corrected chi connectivity index (χ1v) is 7.32. The van der Waals surface area contributed by atoms with Crippen LogP contribution in [0.4, 0.5) is 0 Å². The van der Waals surface area contributed by atoms with E-state index in [9.17, 15) is 0 Å². The second-order valence-electron chi connectivity index (χ2n) is 6.44. The number of hydrogen-bond acceptors (Lipinski definition) is 2. The maximum atomic E-state index is 5.99. The molecule has 0 aromatic rings. The molecule has 0 amide bonds. The fraction of sp³-hybridized carbons (Fsp3) is 0.929. The summed E-state index contributed by atoms with van der Waals surface area (Å²) in [6.45, 7) is 5.57. The molecule has 3 N–H and O–H groups in total. The average molecular weight is 252 g/mol. The number of hydrogen-bond donors (Lipinski definition) is 2. The van der Waals surface area contributed by atoms with Gasteiger partial charge in [0.05, 0.1) is 0 Å². The fourth-order valence-electron chi connectivity index (χ4n) is 2.92. The molecular weight excluding hydrogens is 224 g/mol. The number of aliphatic imine (C=N–C) groups is 1. The number of piperidine rings is 1. The fourth-order valence-corrected chi connectivity index (χ4v) is 2.92. The SMILES string of the molecule is CN1CCC(C)(CN=C(N)NC2CCCC2)CC1. The van der Waals surface area contributed by atoms with Gasteiger partial charge in [-0.05, 0) is 51.2 Å². The van der Waals surface area contributed by atoms with Gasteiger partial charge in [0.25, 0.3) is 0 Å². The second-order valence-corrected chi connectivity index (χ2v) is 6.44. The molecule has 2 aliphatic rings. The van der Waals surface area contributed by atoms with Gasteiger partial charge in [-0.3, -0.25) is 4.99 Å². The van der Waals surface area contributed by atoms with Gasteiger partial charge in [0, 0.05) is 12.6 Å². The van der Waals surface area contributed by atoms with E-state index < -0.39 is 0 Å². The van der Waals surface area contributed by atoms with Gasteiger partial charge in [-0.25, -0.2) is 0 Å². The van der Waals surface area contributed by atoms with Crippen LogP contribution in [0.1, 0.15) is 45.4 Å². The zero-order valence-electron chi connectivity index (χ0n) is 11.9. The minimum absolute atomic E-state index is 0.342. The Bertz CT molecular complexity index is 286. The van der Waals surface area contributed by atoms with Crippen LogP contribution >= 0.6 is 0 Å². The Morgan fingerprint density at radius 1 is 1.33 bits per heavy atom. The van der Waals surface area contributed by atoms with Crippen LogP contribution in [0.5, 0.6) is 0 Å². The summed E-state index contributed by atoms with van der Waals surface area (Å²) in [6, 6.07) is 0.569. The number of nitrogens with one attached hydrogen (secondary N) is 1. The number of nitrogens with zero attached hydrogens (tertiary/aromatic N) is 2. The van der Waals surface area contributed by atoms with E-state index in [4.69, 9.17) is 5.73 Å². The predicted molar refractivity (Wildman–Crippen MR) is 76.7 cm³/mol. The highest BCUT2D eigenvalue weighted by atomic mass is 15.1. The molecule has 0 atom stereocenters. The molecule has 2 rings (SSSR count). The molecule has 18 heavy (non-hydrogen) atoms. The molecule has 0 unspecified atom stereocenters. The summed E-state index contributed by atoms with van der Waals surface area (Å²) in [5.41, 5.74) is 6.33. The lowest BCUT2D eigenvalue weighted by Gasteiger charge is -2.36. The van der Waals surface area contributed by atoms with Crippen molar-refractivity contribution in [2.75, 3.05) is 26.7 Å². The van der Waals surface area contributed by atoms with Gasteiger partial charge < -0.3 is 16.0 Å². The third-order valence-corrected chi connectivity index (χ3v) is 4.53. The highest BCUT2D eigenvalue weighted by Crippen LogP contribution is 2.30. The quantitative estimate of drug-likeness (QED) is 0.592. The highest BCUT2D eigenvalue weighted by Gasteiger charge is 2.28. The van der Waals surface area contributed by atoms with E-state index in [-0.39, 0.29) is 0 Å². The maximum Gasteiger partial charge on any atom is 0.188 e. The Kier molecular flexibility index (Phi) is 4.49. The van der Waals surface area contributed by atoms with Crippen molar-refractivity contribution in [2.45, 2.75) is 51.5 Å². The Balaban J connectivity index is 1.77. The Morgan fingerprint density at radius 2 is 1.94 bits per heavy atom. The largest absolute Gasteiger partial charge is 0.370 e. The zero-order chi connectivity index (χ0) is 13.0. The van der Waals surface area contributed by atoms with E-state index >= 15 is 0 Å². The van der Waals surface area contributed by atoms with Gasteiger partial charge in [0.15, 0.2) is 5.96 Å². The third-order valence-electron chi connectivity index (χ3n) is 4.53. The van der Waals surface area contributed by atoms with Gasteiger partial charge >= 0.3 is 0 Å². The van der Waals surface area contributed by atoms with Crippen molar-refractivity contribution in [1.82, 2.24) is 10.2 Å². The molecule has 1 aliphatic heterocycles. The smallest absolute Gasteiger partial charge is 0.188 e. The summed E-state index contributed by atoms with van der Waals surface area (Å²) in [5.74, 6) is 0.655. The number of guanidine groups is 1. The average Bonchev–Trinajstić information content (AvgIpc) is 2.84. The van der Waals surface area contributed by atoms with Crippen molar-refractivity contribution in [3.8, 4) is 0 Å². The van der Waals surface area contributed by atoms with E-state index in [0.29, 0.717) is 17.4 Å². The molecule has 4 nitrogen and oxygen atoms in total. The molecule has 1 aliphatic carbocycles. The molecule has 104 valence electrons. The Labute approximate surface area is 111 Å². The molecule has 0 aromatic carbocycles. The first-order chi connectivity index (χ1) is 8.57. The van der Waals surface area contributed by atoms with Crippen molar-refractivity contribution < 1.29 is 0 Å². The second kappa shape index (κ2) is 5.91. The normalized spacial score (nSPS) is 26.4. The van der Waals surface area contributed by atoms with Crippen molar-refractivity contribution in [2.24, 2.45) is 16.1 Å². The van der Waals surface area contributed by atoms with E-state index in [2.05, 4.69) is 29.2 Å². The Morgan fingerprint density at radius 3 is 2.56 bits per heavy atom. The molecular formula is C14H28N4. The van der Waals surface area contributed by atoms with Gasteiger partial charge in [-0.1, -0.05) is 19.8 Å². The van der Waals surface area contributed by atoms with Crippen LogP contribution in [0.2, 0.25) is 0 Å².